The molecule has 0 fully saturated rings. The number of benzene rings is 3. The topological polar surface area (TPSA) is 117 Å². The smallest absolute Gasteiger partial charge is 0.307 e. The first kappa shape index (κ1) is 27.4. The van der Waals surface area contributed by atoms with Gasteiger partial charge in [0.1, 0.15) is 0 Å². The summed E-state index contributed by atoms with van der Waals surface area (Å²) in [5, 5.41) is 0. The first-order valence-electron chi connectivity index (χ1n) is 12.7. The Bertz CT molecular complexity index is 1730. The predicted molar refractivity (Wildman–Crippen MR) is 150 cm³/mol. The minimum absolute atomic E-state index is 0.0654. The maximum Gasteiger partial charge on any atom is 0.307 e. The number of hydrogen-bond donors (Lipinski definition) is 0. The summed E-state index contributed by atoms with van der Waals surface area (Å²) in [5.41, 5.74) is 1.52. The van der Waals surface area contributed by atoms with Crippen molar-refractivity contribution in [3.8, 4) is 11.5 Å². The van der Waals surface area contributed by atoms with E-state index in [1.807, 2.05) is 12.1 Å². The third kappa shape index (κ3) is 5.45. The molecule has 2 heterocycles. The normalized spacial score (nSPS) is 13.0. The maximum absolute atomic E-state index is 13.3. The summed E-state index contributed by atoms with van der Waals surface area (Å²) in [6, 6.07) is 18.2. The van der Waals surface area contributed by atoms with Gasteiger partial charge in [0.05, 0.1) is 33.8 Å². The number of anilines is 1. The number of sulfonamides is 1. The van der Waals surface area contributed by atoms with Crippen molar-refractivity contribution < 1.29 is 32.2 Å². The van der Waals surface area contributed by atoms with E-state index >= 15 is 0 Å². The molecular weight excluding hydrogens is 554 g/mol. The molecule has 0 saturated heterocycles. The van der Waals surface area contributed by atoms with Crippen molar-refractivity contribution in [3.05, 3.63) is 77.1 Å². The Morgan fingerprint density at radius 1 is 1.02 bits per heavy atom. The average molecular weight is 582 g/mol. The highest BCUT2D eigenvalue weighted by Crippen LogP contribution is 2.37. The minimum Gasteiger partial charge on any atom is -0.466 e. The standard InChI is InChI=1S/C28H27N3O7S2/c1-3-31(20-8-6-5-7-9-20)40(34,35)21-12-10-19(11-13-21)27(33)29-28-30(15-14-26(32)36-4-2)22-16-23-24(38-18-37-23)17-25(22)39-28/h5-13,16-17H,3-4,14-15,18H2,1-2H3. The van der Waals surface area contributed by atoms with Crippen LogP contribution < -0.4 is 18.6 Å². The third-order valence-electron chi connectivity index (χ3n) is 6.24. The lowest BCUT2D eigenvalue weighted by Gasteiger charge is -2.22. The first-order valence-corrected chi connectivity index (χ1v) is 14.9. The van der Waals surface area contributed by atoms with Crippen LogP contribution in [0.2, 0.25) is 0 Å². The number of nitrogens with zero attached hydrogens (tertiary/aromatic N) is 3. The Morgan fingerprint density at radius 3 is 2.40 bits per heavy atom. The maximum atomic E-state index is 13.3. The van der Waals surface area contributed by atoms with Gasteiger partial charge in [0.25, 0.3) is 15.9 Å². The number of esters is 1. The van der Waals surface area contributed by atoms with Gasteiger partial charge in [-0.1, -0.05) is 29.5 Å². The average Bonchev–Trinajstić information content (AvgIpc) is 3.54. The van der Waals surface area contributed by atoms with Gasteiger partial charge in [0, 0.05) is 30.8 Å². The fraction of sp³-hybridized carbons (Fsp3) is 0.250. The molecule has 1 amide bonds. The zero-order valence-corrected chi connectivity index (χ0v) is 23.5. The highest BCUT2D eigenvalue weighted by Gasteiger charge is 2.24. The van der Waals surface area contributed by atoms with Crippen LogP contribution in [0.15, 0.2) is 76.6 Å². The van der Waals surface area contributed by atoms with Crippen molar-refractivity contribution in [1.82, 2.24) is 4.57 Å². The molecule has 0 saturated carbocycles. The minimum atomic E-state index is -3.83. The van der Waals surface area contributed by atoms with Crippen LogP contribution in [0, 0.1) is 0 Å². The predicted octanol–water partition coefficient (Wildman–Crippen LogP) is 4.34. The summed E-state index contributed by atoms with van der Waals surface area (Å²) in [5.74, 6) is 0.260. The molecule has 0 bridgehead atoms. The molecule has 4 aromatic rings. The van der Waals surface area contributed by atoms with Gasteiger partial charge in [-0.05, 0) is 50.2 Å². The molecule has 1 aromatic heterocycles. The monoisotopic (exact) mass is 581 g/mol. The van der Waals surface area contributed by atoms with Crippen LogP contribution in [0.1, 0.15) is 30.6 Å². The Kier molecular flexibility index (Phi) is 7.90. The molecule has 0 unspecified atom stereocenters. The molecule has 0 aliphatic carbocycles. The molecule has 3 aromatic carbocycles. The number of hydrogen-bond acceptors (Lipinski definition) is 8. The molecule has 5 rings (SSSR count). The summed E-state index contributed by atoms with van der Waals surface area (Å²) in [6.45, 7) is 4.39. The number of amides is 1. The molecular formula is C28H27N3O7S2. The largest absolute Gasteiger partial charge is 0.466 e. The molecule has 40 heavy (non-hydrogen) atoms. The van der Waals surface area contributed by atoms with Crippen molar-refractivity contribution >= 4 is 49.1 Å². The van der Waals surface area contributed by atoms with Crippen LogP contribution in [0.5, 0.6) is 11.5 Å². The van der Waals surface area contributed by atoms with Gasteiger partial charge in [-0.25, -0.2) is 8.42 Å². The Hall–Kier alpha value is -4.16. The second kappa shape index (κ2) is 11.5. The zero-order valence-electron chi connectivity index (χ0n) is 21.9. The number of carbonyl (C=O) groups excluding carboxylic acids is 2. The lowest BCUT2D eigenvalue weighted by molar-refractivity contribution is -0.143. The summed E-state index contributed by atoms with van der Waals surface area (Å²) in [4.78, 5) is 30.0. The van der Waals surface area contributed by atoms with Crippen LogP contribution in [0.3, 0.4) is 0 Å². The summed E-state index contributed by atoms with van der Waals surface area (Å²) in [7, 11) is -3.83. The Morgan fingerprint density at radius 2 is 1.73 bits per heavy atom. The van der Waals surface area contributed by atoms with Gasteiger partial charge in [-0.3, -0.25) is 13.9 Å². The van der Waals surface area contributed by atoms with Crippen LogP contribution in [-0.2, 0) is 26.1 Å². The summed E-state index contributed by atoms with van der Waals surface area (Å²) >= 11 is 1.28. The number of carbonyl (C=O) groups is 2. The van der Waals surface area contributed by atoms with Crippen molar-refractivity contribution in [2.75, 3.05) is 24.2 Å². The van der Waals surface area contributed by atoms with E-state index in [0.29, 0.717) is 22.0 Å². The van der Waals surface area contributed by atoms with E-state index in [0.717, 1.165) is 10.2 Å². The fourth-order valence-corrected chi connectivity index (χ4v) is 6.87. The van der Waals surface area contributed by atoms with Crippen LogP contribution in [0.4, 0.5) is 5.69 Å². The van der Waals surface area contributed by atoms with Crippen LogP contribution in [0.25, 0.3) is 10.2 Å². The van der Waals surface area contributed by atoms with Gasteiger partial charge in [0.15, 0.2) is 16.3 Å². The quantitative estimate of drug-likeness (QED) is 0.270. The van der Waals surface area contributed by atoms with Gasteiger partial charge < -0.3 is 18.8 Å². The van der Waals surface area contributed by atoms with Crippen molar-refractivity contribution in [1.29, 1.82) is 0 Å². The molecule has 208 valence electrons. The number of aromatic nitrogens is 1. The van der Waals surface area contributed by atoms with Gasteiger partial charge in [0.2, 0.25) is 6.79 Å². The second-order valence-corrected chi connectivity index (χ2v) is 11.6. The van der Waals surface area contributed by atoms with Gasteiger partial charge in [-0.15, -0.1) is 0 Å². The molecule has 1 aliphatic rings. The lowest BCUT2D eigenvalue weighted by atomic mass is 10.2. The molecule has 12 heteroatoms. The highest BCUT2D eigenvalue weighted by molar-refractivity contribution is 7.92. The van der Waals surface area contributed by atoms with E-state index < -0.39 is 15.9 Å². The van der Waals surface area contributed by atoms with E-state index in [-0.39, 0.29) is 49.3 Å². The van der Waals surface area contributed by atoms with Crippen LogP contribution >= 0.6 is 11.3 Å². The molecule has 1 aliphatic heterocycles. The number of aryl methyl sites for hydroxylation is 1. The fourth-order valence-electron chi connectivity index (χ4n) is 4.33. The SMILES string of the molecule is CCOC(=O)CCn1c(=NC(=O)c2ccc(S(=O)(=O)N(CC)c3ccccc3)cc2)sc2cc3c(cc21)OCO3. The first-order chi connectivity index (χ1) is 19.3. The molecule has 0 spiro atoms. The number of ether oxygens (including phenoxy) is 3. The second-order valence-electron chi connectivity index (χ2n) is 8.71. The number of rotatable bonds is 9. The van der Waals surface area contributed by atoms with E-state index in [4.69, 9.17) is 14.2 Å². The Labute approximate surface area is 235 Å². The van der Waals surface area contributed by atoms with Crippen molar-refractivity contribution in [2.45, 2.75) is 31.7 Å². The lowest BCUT2D eigenvalue weighted by Crippen LogP contribution is -2.30. The molecule has 10 nitrogen and oxygen atoms in total. The number of para-hydroxylation sites is 1. The van der Waals surface area contributed by atoms with E-state index in [2.05, 4.69) is 4.99 Å². The van der Waals surface area contributed by atoms with Crippen LogP contribution in [-0.4, -0.2) is 44.8 Å². The molecule has 0 atom stereocenters. The molecule has 0 radical (unpaired) electrons. The summed E-state index contributed by atoms with van der Waals surface area (Å²) in [6.07, 6.45) is 0.0946. The highest BCUT2D eigenvalue weighted by atomic mass is 32.2. The number of thiazole rings is 1. The zero-order chi connectivity index (χ0) is 28.3. The summed E-state index contributed by atoms with van der Waals surface area (Å²) < 4.78 is 46.5. The van der Waals surface area contributed by atoms with Gasteiger partial charge >= 0.3 is 5.97 Å². The van der Waals surface area contributed by atoms with E-state index in [9.17, 15) is 18.0 Å². The van der Waals surface area contributed by atoms with Crippen molar-refractivity contribution in [2.24, 2.45) is 4.99 Å². The van der Waals surface area contributed by atoms with E-state index in [1.165, 1.54) is 39.9 Å². The number of fused-ring (bicyclic) bond motifs is 2. The molecule has 0 N–H and O–H groups in total. The van der Waals surface area contributed by atoms with Gasteiger partial charge in [-0.2, -0.15) is 4.99 Å². The third-order valence-corrected chi connectivity index (χ3v) is 9.20. The van der Waals surface area contributed by atoms with E-state index in [1.54, 1.807) is 48.7 Å². The van der Waals surface area contributed by atoms with Crippen molar-refractivity contribution in [3.63, 3.8) is 0 Å². The Balaban J connectivity index is 1.46.